The SMILES string of the molecule is CC(NC(=O)c1cc(N)nc2ccccc12)c1ncc[nH]1. The molecule has 0 radical (unpaired) electrons. The predicted molar refractivity (Wildman–Crippen MR) is 80.6 cm³/mol. The van der Waals surface area contributed by atoms with Crippen LogP contribution >= 0.6 is 0 Å². The van der Waals surface area contributed by atoms with Crippen LogP contribution in [0.3, 0.4) is 0 Å². The molecular formula is C15H15N5O. The Kier molecular flexibility index (Phi) is 3.27. The fourth-order valence-corrected chi connectivity index (χ4v) is 2.24. The van der Waals surface area contributed by atoms with Gasteiger partial charge in [0, 0.05) is 17.8 Å². The summed E-state index contributed by atoms with van der Waals surface area (Å²) < 4.78 is 0. The lowest BCUT2D eigenvalue weighted by Gasteiger charge is -2.13. The first-order chi connectivity index (χ1) is 10.1. The van der Waals surface area contributed by atoms with Crippen LogP contribution in [0.4, 0.5) is 5.82 Å². The molecule has 0 bridgehead atoms. The molecule has 1 atom stereocenters. The number of hydrogen-bond acceptors (Lipinski definition) is 4. The first-order valence-electron chi connectivity index (χ1n) is 6.60. The average molecular weight is 281 g/mol. The molecule has 6 heteroatoms. The number of anilines is 1. The molecule has 1 aromatic carbocycles. The fourth-order valence-electron chi connectivity index (χ4n) is 2.24. The van der Waals surface area contributed by atoms with Crippen LogP contribution in [0.15, 0.2) is 42.7 Å². The molecule has 0 aliphatic rings. The molecule has 0 saturated carbocycles. The van der Waals surface area contributed by atoms with Crippen molar-refractivity contribution < 1.29 is 4.79 Å². The van der Waals surface area contributed by atoms with Crippen LogP contribution in [0.2, 0.25) is 0 Å². The Labute approximate surface area is 121 Å². The highest BCUT2D eigenvalue weighted by Gasteiger charge is 2.16. The number of imidazole rings is 1. The molecule has 0 fully saturated rings. The number of para-hydroxylation sites is 1. The summed E-state index contributed by atoms with van der Waals surface area (Å²) in [7, 11) is 0. The van der Waals surface area contributed by atoms with Gasteiger partial charge in [-0.25, -0.2) is 9.97 Å². The molecular weight excluding hydrogens is 266 g/mol. The van der Waals surface area contributed by atoms with Gasteiger partial charge in [0.2, 0.25) is 0 Å². The number of carbonyl (C=O) groups excluding carboxylic acids is 1. The van der Waals surface area contributed by atoms with Crippen molar-refractivity contribution in [3.63, 3.8) is 0 Å². The van der Waals surface area contributed by atoms with Crippen LogP contribution in [-0.4, -0.2) is 20.9 Å². The Morgan fingerprint density at radius 2 is 2.19 bits per heavy atom. The summed E-state index contributed by atoms with van der Waals surface area (Å²) in [6.07, 6.45) is 3.37. The van der Waals surface area contributed by atoms with E-state index in [1.54, 1.807) is 18.5 Å². The third-order valence-corrected chi connectivity index (χ3v) is 3.26. The first kappa shape index (κ1) is 13.1. The number of rotatable bonds is 3. The lowest BCUT2D eigenvalue weighted by molar-refractivity contribution is 0.0940. The van der Waals surface area contributed by atoms with Crippen molar-refractivity contribution in [2.75, 3.05) is 5.73 Å². The zero-order chi connectivity index (χ0) is 14.8. The Morgan fingerprint density at radius 3 is 2.95 bits per heavy atom. The molecule has 2 heterocycles. The molecule has 21 heavy (non-hydrogen) atoms. The summed E-state index contributed by atoms with van der Waals surface area (Å²) >= 11 is 0. The van der Waals surface area contributed by atoms with Crippen LogP contribution in [0.1, 0.15) is 29.1 Å². The minimum Gasteiger partial charge on any atom is -0.384 e. The van der Waals surface area contributed by atoms with E-state index < -0.39 is 0 Å². The Hall–Kier alpha value is -2.89. The van der Waals surface area contributed by atoms with Gasteiger partial charge in [-0.15, -0.1) is 0 Å². The van der Waals surface area contributed by atoms with E-state index in [1.807, 2.05) is 31.2 Å². The van der Waals surface area contributed by atoms with E-state index in [2.05, 4.69) is 20.3 Å². The van der Waals surface area contributed by atoms with Gasteiger partial charge in [-0.3, -0.25) is 4.79 Å². The number of H-pyrrole nitrogens is 1. The fraction of sp³-hybridized carbons (Fsp3) is 0.133. The number of nitrogens with zero attached hydrogens (tertiary/aromatic N) is 2. The van der Waals surface area contributed by atoms with E-state index in [4.69, 9.17) is 5.73 Å². The maximum Gasteiger partial charge on any atom is 0.252 e. The second-order valence-electron chi connectivity index (χ2n) is 4.78. The molecule has 0 aliphatic carbocycles. The normalized spacial score (nSPS) is 12.2. The summed E-state index contributed by atoms with van der Waals surface area (Å²) in [5.41, 5.74) is 6.99. The van der Waals surface area contributed by atoms with Gasteiger partial charge < -0.3 is 16.0 Å². The number of hydrogen-bond donors (Lipinski definition) is 3. The molecule has 0 aliphatic heterocycles. The number of aromatic amines is 1. The van der Waals surface area contributed by atoms with Gasteiger partial charge in [0.05, 0.1) is 17.1 Å². The Bertz CT molecular complexity index is 782. The van der Waals surface area contributed by atoms with Crippen molar-refractivity contribution in [1.29, 1.82) is 0 Å². The van der Waals surface area contributed by atoms with Crippen LogP contribution in [0.5, 0.6) is 0 Å². The summed E-state index contributed by atoms with van der Waals surface area (Å²) in [5, 5.41) is 3.68. The maximum atomic E-state index is 12.5. The van der Waals surface area contributed by atoms with E-state index in [0.29, 0.717) is 22.7 Å². The standard InChI is InChI=1S/C15H15N5O/c1-9(14-17-6-7-18-14)19-15(21)11-8-13(16)20-12-5-3-2-4-10(11)12/h2-9H,1H3,(H2,16,20)(H,17,18)(H,19,21). The number of nitrogens with two attached hydrogens (primary N) is 1. The first-order valence-corrected chi connectivity index (χ1v) is 6.60. The third-order valence-electron chi connectivity index (χ3n) is 3.26. The van der Waals surface area contributed by atoms with Crippen molar-refractivity contribution >= 4 is 22.6 Å². The van der Waals surface area contributed by atoms with E-state index in [1.165, 1.54) is 0 Å². The van der Waals surface area contributed by atoms with Crippen LogP contribution in [-0.2, 0) is 0 Å². The molecule has 0 saturated heterocycles. The molecule has 3 rings (SSSR count). The van der Waals surface area contributed by atoms with Gasteiger partial charge in [0.15, 0.2) is 0 Å². The summed E-state index contributed by atoms with van der Waals surface area (Å²) in [5.74, 6) is 0.823. The number of pyridine rings is 1. The van der Waals surface area contributed by atoms with E-state index in [-0.39, 0.29) is 11.9 Å². The van der Waals surface area contributed by atoms with E-state index >= 15 is 0 Å². The summed E-state index contributed by atoms with van der Waals surface area (Å²) in [6, 6.07) is 8.79. The van der Waals surface area contributed by atoms with Gasteiger partial charge in [-0.1, -0.05) is 18.2 Å². The van der Waals surface area contributed by atoms with Gasteiger partial charge in [0.25, 0.3) is 5.91 Å². The lowest BCUT2D eigenvalue weighted by Crippen LogP contribution is -2.27. The van der Waals surface area contributed by atoms with Gasteiger partial charge in [-0.05, 0) is 19.1 Å². The van der Waals surface area contributed by atoms with Crippen molar-refractivity contribution in [3.8, 4) is 0 Å². The van der Waals surface area contributed by atoms with E-state index in [0.717, 1.165) is 5.39 Å². The van der Waals surface area contributed by atoms with Crippen LogP contribution in [0.25, 0.3) is 10.9 Å². The maximum absolute atomic E-state index is 12.5. The molecule has 1 unspecified atom stereocenters. The van der Waals surface area contributed by atoms with Crippen molar-refractivity contribution in [1.82, 2.24) is 20.3 Å². The van der Waals surface area contributed by atoms with Crippen molar-refractivity contribution in [3.05, 3.63) is 54.1 Å². The molecule has 6 nitrogen and oxygen atoms in total. The quantitative estimate of drug-likeness (QED) is 0.684. The van der Waals surface area contributed by atoms with Crippen LogP contribution < -0.4 is 11.1 Å². The average Bonchev–Trinajstić information content (AvgIpc) is 3.00. The molecule has 0 spiro atoms. The predicted octanol–water partition coefficient (Wildman–Crippen LogP) is 2.03. The lowest BCUT2D eigenvalue weighted by atomic mass is 10.1. The minimum atomic E-state index is -0.222. The minimum absolute atomic E-state index is 0.204. The second kappa shape index (κ2) is 5.24. The molecule has 2 aromatic heterocycles. The molecule has 4 N–H and O–H groups in total. The smallest absolute Gasteiger partial charge is 0.252 e. The number of nitrogen functional groups attached to an aromatic ring is 1. The summed E-state index contributed by atoms with van der Waals surface area (Å²) in [6.45, 7) is 1.86. The number of nitrogens with one attached hydrogen (secondary N) is 2. The number of benzene rings is 1. The number of amides is 1. The topological polar surface area (TPSA) is 96.7 Å². The molecule has 106 valence electrons. The Balaban J connectivity index is 1.94. The highest BCUT2D eigenvalue weighted by molar-refractivity contribution is 6.06. The summed E-state index contributed by atoms with van der Waals surface area (Å²) in [4.78, 5) is 23.8. The number of aromatic nitrogens is 3. The second-order valence-corrected chi connectivity index (χ2v) is 4.78. The highest BCUT2D eigenvalue weighted by Crippen LogP contribution is 2.20. The molecule has 1 amide bonds. The zero-order valence-electron chi connectivity index (χ0n) is 11.5. The largest absolute Gasteiger partial charge is 0.384 e. The number of carbonyl (C=O) groups is 1. The monoisotopic (exact) mass is 281 g/mol. The van der Waals surface area contributed by atoms with Crippen LogP contribution in [0, 0.1) is 0 Å². The van der Waals surface area contributed by atoms with Gasteiger partial charge >= 0.3 is 0 Å². The van der Waals surface area contributed by atoms with E-state index in [9.17, 15) is 4.79 Å². The van der Waals surface area contributed by atoms with Gasteiger partial charge in [0.1, 0.15) is 11.6 Å². The van der Waals surface area contributed by atoms with Crippen molar-refractivity contribution in [2.24, 2.45) is 0 Å². The third kappa shape index (κ3) is 2.55. The molecule has 3 aromatic rings. The number of fused-ring (bicyclic) bond motifs is 1. The Morgan fingerprint density at radius 1 is 1.38 bits per heavy atom. The van der Waals surface area contributed by atoms with Gasteiger partial charge in [-0.2, -0.15) is 0 Å². The highest BCUT2D eigenvalue weighted by atomic mass is 16.1. The zero-order valence-corrected chi connectivity index (χ0v) is 11.5. The van der Waals surface area contributed by atoms with Crippen molar-refractivity contribution in [2.45, 2.75) is 13.0 Å².